The number of aromatic nitrogens is 2. The summed E-state index contributed by atoms with van der Waals surface area (Å²) in [7, 11) is 0. The quantitative estimate of drug-likeness (QED) is 0.619. The van der Waals surface area contributed by atoms with Crippen molar-refractivity contribution >= 4 is 29.1 Å². The van der Waals surface area contributed by atoms with Crippen molar-refractivity contribution in [3.05, 3.63) is 76.2 Å². The van der Waals surface area contributed by atoms with E-state index in [2.05, 4.69) is 20.6 Å². The predicted molar refractivity (Wildman–Crippen MR) is 105 cm³/mol. The molecule has 4 nitrogen and oxygen atoms in total. The predicted octanol–water partition coefficient (Wildman–Crippen LogP) is 5.28. The number of hydrogen-bond donors (Lipinski definition) is 2. The van der Waals surface area contributed by atoms with Gasteiger partial charge in [-0.3, -0.25) is 0 Å². The molecule has 0 aliphatic carbocycles. The van der Waals surface area contributed by atoms with E-state index in [-0.39, 0.29) is 5.82 Å². The Hall–Kier alpha value is -2.66. The summed E-state index contributed by atoms with van der Waals surface area (Å²) in [5.41, 5.74) is 3.47. The van der Waals surface area contributed by atoms with E-state index < -0.39 is 0 Å². The molecule has 0 saturated carbocycles. The lowest BCUT2D eigenvalue weighted by atomic mass is 10.1. The molecule has 2 aromatic carbocycles. The summed E-state index contributed by atoms with van der Waals surface area (Å²) < 4.78 is 13.7. The van der Waals surface area contributed by atoms with E-state index in [1.165, 1.54) is 6.07 Å². The molecule has 1 heterocycles. The Labute approximate surface area is 157 Å². The number of nitrogens with one attached hydrogen (secondary N) is 2. The van der Waals surface area contributed by atoms with Crippen LogP contribution in [0.3, 0.4) is 0 Å². The minimum atomic E-state index is -0.194. The van der Waals surface area contributed by atoms with Crippen molar-refractivity contribution in [3.8, 4) is 0 Å². The fourth-order valence-electron chi connectivity index (χ4n) is 2.63. The van der Waals surface area contributed by atoms with Crippen molar-refractivity contribution in [3.63, 3.8) is 0 Å². The van der Waals surface area contributed by atoms with E-state index in [1.54, 1.807) is 12.1 Å². The first kappa shape index (κ1) is 18.1. The van der Waals surface area contributed by atoms with E-state index in [9.17, 15) is 4.39 Å². The van der Waals surface area contributed by atoms with Crippen LogP contribution in [0, 0.1) is 19.7 Å². The lowest BCUT2D eigenvalue weighted by Crippen LogP contribution is -2.10. The van der Waals surface area contributed by atoms with Crippen LogP contribution in [0.5, 0.6) is 0 Å². The molecule has 0 atom stereocenters. The zero-order chi connectivity index (χ0) is 18.5. The third-order valence-electron chi connectivity index (χ3n) is 3.94. The van der Waals surface area contributed by atoms with Gasteiger partial charge in [0, 0.05) is 29.0 Å². The average Bonchev–Trinajstić information content (AvgIpc) is 2.59. The van der Waals surface area contributed by atoms with Gasteiger partial charge in [-0.1, -0.05) is 29.8 Å². The number of rotatable bonds is 6. The normalized spacial score (nSPS) is 10.6. The van der Waals surface area contributed by atoms with Gasteiger partial charge in [0.05, 0.1) is 0 Å². The van der Waals surface area contributed by atoms with Gasteiger partial charge < -0.3 is 10.6 Å². The van der Waals surface area contributed by atoms with E-state index in [0.29, 0.717) is 35.3 Å². The molecule has 0 aliphatic heterocycles. The molecule has 0 fully saturated rings. The molecule has 0 aliphatic rings. The topological polar surface area (TPSA) is 49.8 Å². The maximum Gasteiger partial charge on any atom is 0.224 e. The highest BCUT2D eigenvalue weighted by atomic mass is 35.5. The molecule has 0 amide bonds. The first-order valence-corrected chi connectivity index (χ1v) is 8.75. The second-order valence-electron chi connectivity index (χ2n) is 6.07. The van der Waals surface area contributed by atoms with Crippen molar-refractivity contribution in [2.75, 3.05) is 17.2 Å². The van der Waals surface area contributed by atoms with Gasteiger partial charge in [-0.25, -0.2) is 9.37 Å². The van der Waals surface area contributed by atoms with Gasteiger partial charge in [-0.2, -0.15) is 4.98 Å². The molecular weight excluding hydrogens is 351 g/mol. The number of nitrogens with zero attached hydrogens (tertiary/aromatic N) is 2. The van der Waals surface area contributed by atoms with E-state index >= 15 is 0 Å². The van der Waals surface area contributed by atoms with Gasteiger partial charge in [-0.15, -0.1) is 0 Å². The molecule has 0 spiro atoms. The van der Waals surface area contributed by atoms with Crippen molar-refractivity contribution in [2.24, 2.45) is 0 Å². The molecule has 26 heavy (non-hydrogen) atoms. The van der Waals surface area contributed by atoms with E-state index in [1.807, 2.05) is 44.2 Å². The van der Waals surface area contributed by atoms with Crippen LogP contribution in [-0.2, 0) is 6.42 Å². The first-order chi connectivity index (χ1) is 12.5. The van der Waals surface area contributed by atoms with Crippen LogP contribution in [0.1, 0.15) is 16.8 Å². The minimum absolute atomic E-state index is 0.194. The van der Waals surface area contributed by atoms with Crippen molar-refractivity contribution < 1.29 is 4.39 Å². The monoisotopic (exact) mass is 370 g/mol. The molecule has 3 rings (SSSR count). The number of halogens is 2. The first-order valence-electron chi connectivity index (χ1n) is 8.37. The molecule has 0 radical (unpaired) electrons. The summed E-state index contributed by atoms with van der Waals surface area (Å²) >= 11 is 6.00. The third kappa shape index (κ3) is 4.70. The molecule has 2 N–H and O–H groups in total. The van der Waals surface area contributed by atoms with Crippen LogP contribution < -0.4 is 10.6 Å². The highest BCUT2D eigenvalue weighted by molar-refractivity contribution is 6.30. The number of hydrogen-bond acceptors (Lipinski definition) is 4. The SMILES string of the molecule is Cc1cc(Nc2ccc(Cl)cc2C)nc(NCCc2ccccc2F)n1. The second-order valence-corrected chi connectivity index (χ2v) is 6.51. The number of aryl methyl sites for hydroxylation is 2. The van der Waals surface area contributed by atoms with Crippen molar-refractivity contribution in [1.29, 1.82) is 0 Å². The maximum atomic E-state index is 13.7. The van der Waals surface area contributed by atoms with Gasteiger partial charge >= 0.3 is 0 Å². The zero-order valence-corrected chi connectivity index (χ0v) is 15.4. The molecule has 0 unspecified atom stereocenters. The molecule has 3 aromatic rings. The average molecular weight is 371 g/mol. The Morgan fingerprint density at radius 2 is 1.85 bits per heavy atom. The van der Waals surface area contributed by atoms with Gasteiger partial charge in [0.2, 0.25) is 5.95 Å². The Balaban J connectivity index is 1.68. The van der Waals surface area contributed by atoms with Gasteiger partial charge in [-0.05, 0) is 55.7 Å². The van der Waals surface area contributed by atoms with Crippen molar-refractivity contribution in [1.82, 2.24) is 9.97 Å². The highest BCUT2D eigenvalue weighted by Gasteiger charge is 2.06. The summed E-state index contributed by atoms with van der Waals surface area (Å²) in [6.07, 6.45) is 0.559. The Morgan fingerprint density at radius 3 is 2.62 bits per heavy atom. The van der Waals surface area contributed by atoms with Gasteiger partial charge in [0.25, 0.3) is 0 Å². The fraction of sp³-hybridized carbons (Fsp3) is 0.200. The van der Waals surface area contributed by atoms with Crippen LogP contribution in [0.2, 0.25) is 5.02 Å². The number of benzene rings is 2. The van der Waals surface area contributed by atoms with Crippen LogP contribution in [-0.4, -0.2) is 16.5 Å². The number of anilines is 3. The Kier molecular flexibility index (Phi) is 5.68. The van der Waals surface area contributed by atoms with Crippen LogP contribution in [0.25, 0.3) is 0 Å². The third-order valence-corrected chi connectivity index (χ3v) is 4.18. The van der Waals surface area contributed by atoms with Crippen molar-refractivity contribution in [2.45, 2.75) is 20.3 Å². The maximum absolute atomic E-state index is 13.7. The lowest BCUT2D eigenvalue weighted by Gasteiger charge is -2.12. The summed E-state index contributed by atoms with van der Waals surface area (Å²) in [5.74, 6) is 1.01. The summed E-state index contributed by atoms with van der Waals surface area (Å²) in [5, 5.41) is 7.15. The highest BCUT2D eigenvalue weighted by Crippen LogP contribution is 2.23. The molecule has 0 saturated heterocycles. The second kappa shape index (κ2) is 8.15. The van der Waals surface area contributed by atoms with Crippen LogP contribution in [0.15, 0.2) is 48.5 Å². The lowest BCUT2D eigenvalue weighted by molar-refractivity contribution is 0.610. The van der Waals surface area contributed by atoms with E-state index in [0.717, 1.165) is 16.9 Å². The summed E-state index contributed by atoms with van der Waals surface area (Å²) in [6.45, 7) is 4.43. The van der Waals surface area contributed by atoms with Gasteiger partial charge in [0.15, 0.2) is 0 Å². The van der Waals surface area contributed by atoms with E-state index in [4.69, 9.17) is 11.6 Å². The fourth-order valence-corrected chi connectivity index (χ4v) is 2.85. The van der Waals surface area contributed by atoms with Gasteiger partial charge in [0.1, 0.15) is 11.6 Å². The van der Waals surface area contributed by atoms with Crippen LogP contribution >= 0.6 is 11.6 Å². The smallest absolute Gasteiger partial charge is 0.224 e. The van der Waals surface area contributed by atoms with Crippen LogP contribution in [0.4, 0.5) is 21.8 Å². The molecule has 0 bridgehead atoms. The Bertz CT molecular complexity index is 914. The molecular formula is C20H20ClFN4. The molecule has 6 heteroatoms. The summed E-state index contributed by atoms with van der Waals surface area (Å²) in [4.78, 5) is 8.87. The largest absolute Gasteiger partial charge is 0.354 e. The minimum Gasteiger partial charge on any atom is -0.354 e. The molecule has 1 aromatic heterocycles. The summed E-state index contributed by atoms with van der Waals surface area (Å²) in [6, 6.07) is 14.3. The molecule has 134 valence electrons. The zero-order valence-electron chi connectivity index (χ0n) is 14.7. The standard InChI is InChI=1S/C20H20ClFN4/c1-13-11-16(21)7-8-18(13)25-19-12-14(2)24-20(26-19)23-10-9-15-5-3-4-6-17(15)22/h3-8,11-12H,9-10H2,1-2H3,(H2,23,24,25,26). The Morgan fingerprint density at radius 1 is 1.04 bits per heavy atom.